The molecule has 6 heteroatoms. The van der Waals surface area contributed by atoms with Crippen molar-refractivity contribution in [1.82, 2.24) is 5.32 Å². The third-order valence-electron chi connectivity index (χ3n) is 2.77. The Labute approximate surface area is 116 Å². The van der Waals surface area contributed by atoms with Crippen LogP contribution in [0.2, 0.25) is 0 Å². The van der Waals surface area contributed by atoms with E-state index in [1.54, 1.807) is 0 Å². The molecule has 1 aromatic heterocycles. The summed E-state index contributed by atoms with van der Waals surface area (Å²) in [5.74, 6) is -1.34. The first-order valence-electron chi connectivity index (χ1n) is 6.12. The lowest BCUT2D eigenvalue weighted by molar-refractivity contribution is -0.147. The van der Waals surface area contributed by atoms with E-state index in [1.165, 1.54) is 24.0 Å². The molecule has 0 fully saturated rings. The summed E-state index contributed by atoms with van der Waals surface area (Å²) in [5.41, 5.74) is 1.18. The van der Waals surface area contributed by atoms with Crippen molar-refractivity contribution in [1.29, 1.82) is 0 Å². The Bertz CT molecular complexity index is 455. The van der Waals surface area contributed by atoms with E-state index in [9.17, 15) is 9.59 Å². The molecule has 0 aliphatic carbocycles. The molecule has 5 nitrogen and oxygen atoms in total. The van der Waals surface area contributed by atoms with Gasteiger partial charge in [-0.2, -0.15) is 0 Å². The van der Waals surface area contributed by atoms with Crippen LogP contribution in [0.3, 0.4) is 0 Å². The Hall–Kier alpha value is -1.40. The molecule has 0 aromatic carbocycles. The number of methoxy groups -OCH3 is 1. The minimum atomic E-state index is -1.09. The average molecular weight is 285 g/mol. The fourth-order valence-electron chi connectivity index (χ4n) is 1.69. The third-order valence-corrected chi connectivity index (χ3v) is 3.86. The van der Waals surface area contributed by atoms with Crippen LogP contribution in [-0.4, -0.2) is 36.7 Å². The zero-order valence-electron chi connectivity index (χ0n) is 11.4. The van der Waals surface area contributed by atoms with Crippen LogP contribution in [0.1, 0.15) is 33.5 Å². The van der Waals surface area contributed by atoms with Crippen molar-refractivity contribution in [3.05, 3.63) is 21.4 Å². The first-order chi connectivity index (χ1) is 8.99. The highest BCUT2D eigenvalue weighted by molar-refractivity contribution is 7.14. The molecule has 1 unspecified atom stereocenters. The van der Waals surface area contributed by atoms with E-state index >= 15 is 0 Å². The number of amides is 1. The smallest absolute Gasteiger partial charge is 0.334 e. The molecule has 0 bridgehead atoms. The Kier molecular flexibility index (Phi) is 5.98. The van der Waals surface area contributed by atoms with Gasteiger partial charge in [-0.15, -0.1) is 11.3 Å². The van der Waals surface area contributed by atoms with Crippen molar-refractivity contribution in [3.63, 3.8) is 0 Å². The third kappa shape index (κ3) is 4.33. The Morgan fingerprint density at radius 3 is 2.74 bits per heavy atom. The number of ether oxygens (including phenoxy) is 1. The summed E-state index contributed by atoms with van der Waals surface area (Å²) in [6, 6.07) is 1.88. The Morgan fingerprint density at radius 2 is 2.21 bits per heavy atom. The SMILES string of the molecule is CCCc1cc(C(=O)NCC(OC)C(=O)O)sc1C. The number of hydrogen-bond donors (Lipinski definition) is 2. The minimum absolute atomic E-state index is 0.0370. The molecule has 0 spiro atoms. The van der Waals surface area contributed by atoms with Crippen LogP contribution in [0.4, 0.5) is 0 Å². The summed E-state index contributed by atoms with van der Waals surface area (Å²) in [6.07, 6.45) is 0.967. The molecule has 1 atom stereocenters. The number of carbonyl (C=O) groups excluding carboxylic acids is 1. The van der Waals surface area contributed by atoms with Crippen molar-refractivity contribution in [2.24, 2.45) is 0 Å². The molecule has 0 saturated carbocycles. The van der Waals surface area contributed by atoms with Gasteiger partial charge in [0, 0.05) is 12.0 Å². The van der Waals surface area contributed by atoms with E-state index < -0.39 is 12.1 Å². The van der Waals surface area contributed by atoms with E-state index in [2.05, 4.69) is 12.2 Å². The van der Waals surface area contributed by atoms with Crippen LogP contribution in [0.5, 0.6) is 0 Å². The maximum absolute atomic E-state index is 11.9. The lowest BCUT2D eigenvalue weighted by Crippen LogP contribution is -2.37. The Balaban J connectivity index is 2.63. The molecule has 1 rings (SSSR count). The molecule has 106 valence electrons. The molecule has 0 saturated heterocycles. The van der Waals surface area contributed by atoms with Gasteiger partial charge in [-0.3, -0.25) is 4.79 Å². The van der Waals surface area contributed by atoms with Gasteiger partial charge in [0.2, 0.25) is 0 Å². The van der Waals surface area contributed by atoms with Gasteiger partial charge in [0.25, 0.3) is 5.91 Å². The van der Waals surface area contributed by atoms with Crippen molar-refractivity contribution < 1.29 is 19.4 Å². The summed E-state index contributed by atoms with van der Waals surface area (Å²) in [5, 5.41) is 11.4. The monoisotopic (exact) mass is 285 g/mol. The summed E-state index contributed by atoms with van der Waals surface area (Å²) in [6.45, 7) is 4.04. The lowest BCUT2D eigenvalue weighted by Gasteiger charge is -2.10. The van der Waals surface area contributed by atoms with E-state index in [-0.39, 0.29) is 12.5 Å². The first-order valence-corrected chi connectivity index (χ1v) is 6.94. The van der Waals surface area contributed by atoms with Crippen molar-refractivity contribution in [2.45, 2.75) is 32.8 Å². The predicted octanol–water partition coefficient (Wildman–Crippen LogP) is 1.84. The predicted molar refractivity (Wildman–Crippen MR) is 73.8 cm³/mol. The number of carbonyl (C=O) groups is 2. The Morgan fingerprint density at radius 1 is 1.53 bits per heavy atom. The number of thiophene rings is 1. The summed E-state index contributed by atoms with van der Waals surface area (Å²) >= 11 is 1.43. The fraction of sp³-hybridized carbons (Fsp3) is 0.538. The van der Waals surface area contributed by atoms with Crippen LogP contribution in [0.25, 0.3) is 0 Å². The topological polar surface area (TPSA) is 75.6 Å². The highest BCUT2D eigenvalue weighted by Gasteiger charge is 2.18. The van der Waals surface area contributed by atoms with Crippen molar-refractivity contribution >= 4 is 23.2 Å². The molecule has 1 amide bonds. The van der Waals surface area contributed by atoms with Gasteiger partial charge in [-0.1, -0.05) is 13.3 Å². The van der Waals surface area contributed by atoms with Crippen LogP contribution in [0, 0.1) is 6.92 Å². The van der Waals surface area contributed by atoms with E-state index in [1.807, 2.05) is 13.0 Å². The van der Waals surface area contributed by atoms with Crippen LogP contribution < -0.4 is 5.32 Å². The van der Waals surface area contributed by atoms with Crippen molar-refractivity contribution in [3.8, 4) is 0 Å². The minimum Gasteiger partial charge on any atom is -0.479 e. The fourth-order valence-corrected chi connectivity index (χ4v) is 2.68. The van der Waals surface area contributed by atoms with Gasteiger partial charge < -0.3 is 15.2 Å². The molecule has 1 heterocycles. The molecule has 1 aromatic rings. The number of rotatable bonds is 7. The second-order valence-electron chi connectivity index (χ2n) is 4.21. The van der Waals surface area contributed by atoms with Crippen molar-refractivity contribution in [2.75, 3.05) is 13.7 Å². The molecular weight excluding hydrogens is 266 g/mol. The quantitative estimate of drug-likeness (QED) is 0.801. The van der Waals surface area contributed by atoms with Gasteiger partial charge >= 0.3 is 5.97 Å². The average Bonchev–Trinajstić information content (AvgIpc) is 2.72. The standard InChI is InChI=1S/C13H19NO4S/c1-4-5-9-6-11(19-8(9)2)12(15)14-7-10(18-3)13(16)17/h6,10H,4-5,7H2,1-3H3,(H,14,15)(H,16,17). The largest absolute Gasteiger partial charge is 0.479 e. The number of aliphatic carboxylic acids is 1. The van der Waals surface area contributed by atoms with Crippen LogP contribution >= 0.6 is 11.3 Å². The molecule has 0 radical (unpaired) electrons. The van der Waals surface area contributed by atoms with E-state index in [0.717, 1.165) is 17.7 Å². The second-order valence-corrected chi connectivity index (χ2v) is 5.47. The van der Waals surface area contributed by atoms with Gasteiger partial charge in [-0.25, -0.2) is 4.79 Å². The summed E-state index contributed by atoms with van der Waals surface area (Å²) < 4.78 is 4.75. The second kappa shape index (κ2) is 7.25. The van der Waals surface area contributed by atoms with Gasteiger partial charge in [-0.05, 0) is 25.0 Å². The highest BCUT2D eigenvalue weighted by atomic mass is 32.1. The number of hydrogen-bond acceptors (Lipinski definition) is 4. The van der Waals surface area contributed by atoms with Gasteiger partial charge in [0.1, 0.15) is 0 Å². The first kappa shape index (κ1) is 15.7. The molecule has 2 N–H and O–H groups in total. The maximum atomic E-state index is 11.9. The molecule has 0 aliphatic rings. The van der Waals surface area contributed by atoms with E-state index in [0.29, 0.717) is 4.88 Å². The molecular formula is C13H19NO4S. The summed E-state index contributed by atoms with van der Waals surface area (Å²) in [4.78, 5) is 24.4. The number of carboxylic acids is 1. The van der Waals surface area contributed by atoms with Crippen LogP contribution in [0.15, 0.2) is 6.07 Å². The van der Waals surface area contributed by atoms with Gasteiger partial charge in [0.15, 0.2) is 6.10 Å². The number of carboxylic acid groups (broad SMARTS) is 1. The molecule has 0 aliphatic heterocycles. The normalized spacial score (nSPS) is 12.2. The van der Waals surface area contributed by atoms with E-state index in [4.69, 9.17) is 9.84 Å². The zero-order valence-corrected chi connectivity index (χ0v) is 12.2. The van der Waals surface area contributed by atoms with Gasteiger partial charge in [0.05, 0.1) is 11.4 Å². The number of nitrogens with one attached hydrogen (secondary N) is 1. The summed E-state index contributed by atoms with van der Waals surface area (Å²) in [7, 11) is 1.31. The van der Waals surface area contributed by atoms with Crippen LogP contribution in [-0.2, 0) is 16.0 Å². The molecule has 19 heavy (non-hydrogen) atoms. The number of aryl methyl sites for hydroxylation is 2. The maximum Gasteiger partial charge on any atom is 0.334 e. The lowest BCUT2D eigenvalue weighted by atomic mass is 10.1. The zero-order chi connectivity index (χ0) is 14.4. The highest BCUT2D eigenvalue weighted by Crippen LogP contribution is 2.22.